The third-order valence-electron chi connectivity index (χ3n) is 6.18. The van der Waals surface area contributed by atoms with E-state index in [-0.39, 0.29) is 39.1 Å². The van der Waals surface area contributed by atoms with Gasteiger partial charge in [-0.05, 0) is 43.3 Å². The van der Waals surface area contributed by atoms with Crippen LogP contribution in [0.15, 0.2) is 48.7 Å². The second-order valence-electron chi connectivity index (χ2n) is 8.28. The fraction of sp³-hybridized carbons (Fsp3) is 0.120. The molecule has 36 heavy (non-hydrogen) atoms. The number of ketones is 1. The molecule has 2 N–H and O–H groups in total. The van der Waals surface area contributed by atoms with Crippen molar-refractivity contribution in [3.8, 4) is 11.1 Å². The highest BCUT2D eigenvalue weighted by molar-refractivity contribution is 6.09. The molecule has 5 aromatic rings. The summed E-state index contributed by atoms with van der Waals surface area (Å²) in [7, 11) is 1.58. The number of hydrogen-bond acceptors (Lipinski definition) is 3. The molecule has 184 valence electrons. The molecular weight excluding hydrogens is 486 g/mol. The zero-order chi connectivity index (χ0) is 26.1. The summed E-state index contributed by atoms with van der Waals surface area (Å²) in [4.78, 5) is 17.3. The van der Waals surface area contributed by atoms with Gasteiger partial charge in [0.1, 0.15) is 11.3 Å². The number of alkyl halides is 3. The Kier molecular flexibility index (Phi) is 5.13. The monoisotopic (exact) mass is 502 g/mol. The highest BCUT2D eigenvalue weighted by Gasteiger charge is 2.37. The van der Waals surface area contributed by atoms with Gasteiger partial charge in [0.2, 0.25) is 5.78 Å². The van der Waals surface area contributed by atoms with E-state index in [9.17, 15) is 31.1 Å². The molecule has 3 aromatic heterocycles. The van der Waals surface area contributed by atoms with Gasteiger partial charge in [0.15, 0.2) is 17.5 Å². The molecule has 0 fully saturated rings. The van der Waals surface area contributed by atoms with Crippen molar-refractivity contribution >= 4 is 28.0 Å². The minimum atomic E-state index is -4.77. The Labute approximate surface area is 199 Å². The second-order valence-corrected chi connectivity index (χ2v) is 8.28. The van der Waals surface area contributed by atoms with Crippen molar-refractivity contribution in [2.45, 2.75) is 13.1 Å². The van der Waals surface area contributed by atoms with Gasteiger partial charge in [0.25, 0.3) is 0 Å². The first-order valence-electron chi connectivity index (χ1n) is 10.5. The fourth-order valence-electron chi connectivity index (χ4n) is 4.35. The Bertz CT molecular complexity index is 1690. The van der Waals surface area contributed by atoms with E-state index < -0.39 is 40.5 Å². The SMILES string of the molecule is Cc1nc2c(N)c(-c3cccn4c(C(=O)c5cc(F)c(F)c(F)c5)ccc34)c(C(F)(F)F)cc2n1C. The van der Waals surface area contributed by atoms with Gasteiger partial charge in [-0.15, -0.1) is 0 Å². The molecule has 0 aliphatic carbocycles. The molecule has 0 saturated heterocycles. The number of pyridine rings is 1. The van der Waals surface area contributed by atoms with E-state index in [4.69, 9.17) is 5.73 Å². The normalized spacial score (nSPS) is 12.1. The maximum atomic E-state index is 14.2. The molecule has 2 aromatic carbocycles. The molecule has 0 aliphatic heterocycles. The first-order chi connectivity index (χ1) is 16.9. The van der Waals surface area contributed by atoms with E-state index in [1.54, 1.807) is 14.0 Å². The van der Waals surface area contributed by atoms with Crippen molar-refractivity contribution in [2.24, 2.45) is 7.05 Å². The Morgan fingerprint density at radius 1 is 1.00 bits per heavy atom. The number of aryl methyl sites for hydroxylation is 2. The van der Waals surface area contributed by atoms with E-state index in [0.717, 1.165) is 6.07 Å². The first-order valence-corrected chi connectivity index (χ1v) is 10.5. The molecule has 0 spiro atoms. The second kappa shape index (κ2) is 7.87. The van der Waals surface area contributed by atoms with Crippen LogP contribution in [0.4, 0.5) is 32.0 Å². The van der Waals surface area contributed by atoms with Crippen LogP contribution in [0.1, 0.15) is 27.4 Å². The number of nitrogen functional groups attached to an aromatic ring is 1. The number of nitrogens with zero attached hydrogens (tertiary/aromatic N) is 3. The van der Waals surface area contributed by atoms with Crippen molar-refractivity contribution < 1.29 is 31.1 Å². The molecule has 0 saturated carbocycles. The standard InChI is InChI=1S/C25H16F6N4O/c1-11-33-23-19(34(11)2)10-14(25(29,30)31)20(22(23)32)13-4-3-7-35-17(13)5-6-18(35)24(36)12-8-15(26)21(28)16(27)9-12/h3-10H,32H2,1-2H3. The van der Waals surface area contributed by atoms with Crippen LogP contribution in [-0.4, -0.2) is 19.7 Å². The lowest BCUT2D eigenvalue weighted by atomic mass is 9.96. The lowest BCUT2D eigenvalue weighted by molar-refractivity contribution is -0.137. The number of benzene rings is 2. The largest absolute Gasteiger partial charge is 0.417 e. The maximum Gasteiger partial charge on any atom is 0.417 e. The Hall–Kier alpha value is -4.28. The number of imidazole rings is 1. The number of hydrogen-bond donors (Lipinski definition) is 1. The average molecular weight is 502 g/mol. The number of carbonyl (C=O) groups is 1. The van der Waals surface area contributed by atoms with Gasteiger partial charge in [-0.25, -0.2) is 18.2 Å². The summed E-state index contributed by atoms with van der Waals surface area (Å²) in [6.45, 7) is 1.64. The quantitative estimate of drug-likeness (QED) is 0.141. The summed E-state index contributed by atoms with van der Waals surface area (Å²) in [6, 6.07) is 7.62. The first kappa shape index (κ1) is 23.5. The number of carbonyl (C=O) groups excluding carboxylic acids is 1. The maximum absolute atomic E-state index is 14.2. The molecule has 0 aliphatic rings. The van der Waals surface area contributed by atoms with Crippen LogP contribution >= 0.6 is 0 Å². The van der Waals surface area contributed by atoms with Crippen LogP contribution in [0.5, 0.6) is 0 Å². The zero-order valence-electron chi connectivity index (χ0n) is 18.7. The van der Waals surface area contributed by atoms with Crippen molar-refractivity contribution in [2.75, 3.05) is 5.73 Å². The van der Waals surface area contributed by atoms with Crippen LogP contribution < -0.4 is 5.73 Å². The number of rotatable bonds is 3. The number of anilines is 1. The smallest absolute Gasteiger partial charge is 0.396 e. The van der Waals surface area contributed by atoms with Gasteiger partial charge in [-0.1, -0.05) is 6.07 Å². The van der Waals surface area contributed by atoms with Crippen molar-refractivity contribution in [1.82, 2.24) is 14.0 Å². The predicted molar refractivity (Wildman–Crippen MR) is 121 cm³/mol. The highest BCUT2D eigenvalue weighted by atomic mass is 19.4. The Balaban J connectivity index is 1.76. The van der Waals surface area contributed by atoms with Crippen molar-refractivity contribution in [1.29, 1.82) is 0 Å². The third kappa shape index (κ3) is 3.42. The summed E-state index contributed by atoms with van der Waals surface area (Å²) in [6.07, 6.45) is -3.35. The van der Waals surface area contributed by atoms with Gasteiger partial charge < -0.3 is 14.7 Å². The predicted octanol–water partition coefficient (Wildman–Crippen LogP) is 6.05. The molecule has 0 amide bonds. The van der Waals surface area contributed by atoms with Crippen LogP contribution in [-0.2, 0) is 13.2 Å². The molecule has 5 rings (SSSR count). The van der Waals surface area contributed by atoms with E-state index in [1.165, 1.54) is 39.4 Å². The topological polar surface area (TPSA) is 65.3 Å². The van der Waals surface area contributed by atoms with E-state index in [2.05, 4.69) is 4.98 Å². The van der Waals surface area contributed by atoms with E-state index in [0.29, 0.717) is 18.0 Å². The van der Waals surface area contributed by atoms with Crippen LogP contribution in [0.2, 0.25) is 0 Å². The van der Waals surface area contributed by atoms with Gasteiger partial charge in [-0.2, -0.15) is 13.2 Å². The summed E-state index contributed by atoms with van der Waals surface area (Å²) >= 11 is 0. The van der Waals surface area contributed by atoms with Gasteiger partial charge in [-0.3, -0.25) is 4.79 Å². The van der Waals surface area contributed by atoms with Gasteiger partial charge in [0.05, 0.1) is 28.0 Å². The summed E-state index contributed by atoms with van der Waals surface area (Å²) in [5, 5.41) is 0. The van der Waals surface area contributed by atoms with E-state index >= 15 is 0 Å². The molecule has 5 nitrogen and oxygen atoms in total. The number of halogens is 6. The Morgan fingerprint density at radius 3 is 2.31 bits per heavy atom. The zero-order valence-corrected chi connectivity index (χ0v) is 18.7. The minimum Gasteiger partial charge on any atom is -0.396 e. The molecule has 0 unspecified atom stereocenters. The van der Waals surface area contributed by atoms with Crippen molar-refractivity contribution in [3.63, 3.8) is 0 Å². The molecule has 11 heteroatoms. The molecule has 0 bridgehead atoms. The van der Waals surface area contributed by atoms with Crippen LogP contribution in [0, 0.1) is 24.4 Å². The molecule has 3 heterocycles. The minimum absolute atomic E-state index is 0.0723. The van der Waals surface area contributed by atoms with E-state index in [1.807, 2.05) is 0 Å². The molecule has 0 radical (unpaired) electrons. The number of nitrogens with two attached hydrogens (primary N) is 1. The number of aromatic nitrogens is 3. The highest BCUT2D eigenvalue weighted by Crippen LogP contribution is 2.45. The van der Waals surface area contributed by atoms with Crippen molar-refractivity contribution in [3.05, 3.63) is 88.8 Å². The summed E-state index contributed by atoms with van der Waals surface area (Å²) < 4.78 is 86.1. The molecular formula is C25H16F6N4O. The lowest BCUT2D eigenvalue weighted by Crippen LogP contribution is -2.11. The summed E-state index contributed by atoms with van der Waals surface area (Å²) in [5.74, 6) is -5.19. The van der Waals surface area contributed by atoms with Crippen LogP contribution in [0.25, 0.3) is 27.7 Å². The van der Waals surface area contributed by atoms with Gasteiger partial charge in [0, 0.05) is 29.9 Å². The lowest BCUT2D eigenvalue weighted by Gasteiger charge is -2.17. The molecule has 0 atom stereocenters. The fourth-order valence-corrected chi connectivity index (χ4v) is 4.35. The van der Waals surface area contributed by atoms with Crippen LogP contribution in [0.3, 0.4) is 0 Å². The Morgan fingerprint density at radius 2 is 1.67 bits per heavy atom. The summed E-state index contributed by atoms with van der Waals surface area (Å²) in [5.41, 5.74) is 4.88. The van der Waals surface area contributed by atoms with Gasteiger partial charge >= 0.3 is 6.18 Å². The number of fused-ring (bicyclic) bond motifs is 2. The average Bonchev–Trinajstić information content (AvgIpc) is 3.37. The third-order valence-corrected chi connectivity index (χ3v) is 6.18.